The molecule has 18 heavy (non-hydrogen) atoms. The number of hydrogen-bond donors (Lipinski definition) is 1. The number of hydrogen-bond acceptors (Lipinski definition) is 4. The van der Waals surface area contributed by atoms with Gasteiger partial charge in [-0.05, 0) is 19.8 Å². The highest BCUT2D eigenvalue weighted by molar-refractivity contribution is 5.30. The minimum atomic E-state index is -0.375. The van der Waals surface area contributed by atoms with Gasteiger partial charge in [0.1, 0.15) is 5.60 Å². The predicted octanol–water partition coefficient (Wildman–Crippen LogP) is 2.30. The number of rotatable bonds is 5. The van der Waals surface area contributed by atoms with E-state index < -0.39 is 0 Å². The van der Waals surface area contributed by atoms with Gasteiger partial charge in [0, 0.05) is 31.5 Å². The Bertz CT molecular complexity index is 427. The van der Waals surface area contributed by atoms with Crippen LogP contribution in [0.5, 0.6) is 0 Å². The van der Waals surface area contributed by atoms with Crippen molar-refractivity contribution in [1.29, 1.82) is 0 Å². The lowest BCUT2D eigenvalue weighted by molar-refractivity contribution is -0.00932. The van der Waals surface area contributed by atoms with Crippen molar-refractivity contribution < 1.29 is 4.74 Å². The van der Waals surface area contributed by atoms with E-state index in [1.807, 2.05) is 0 Å². The summed E-state index contributed by atoms with van der Waals surface area (Å²) < 4.78 is 5.62. The molecule has 1 aromatic rings. The van der Waals surface area contributed by atoms with Gasteiger partial charge in [-0.1, -0.05) is 20.3 Å². The second-order valence-corrected chi connectivity index (χ2v) is 5.06. The zero-order valence-corrected chi connectivity index (χ0v) is 11.8. The molecule has 0 radical (unpaired) electrons. The average Bonchev–Trinajstić information content (AvgIpc) is 2.86. The van der Waals surface area contributed by atoms with E-state index in [0.29, 0.717) is 0 Å². The van der Waals surface area contributed by atoms with Crippen molar-refractivity contribution in [3.8, 4) is 0 Å². The van der Waals surface area contributed by atoms with Crippen LogP contribution in [0.2, 0.25) is 0 Å². The summed E-state index contributed by atoms with van der Waals surface area (Å²) in [5, 5.41) is 3.36. The number of nitrogens with zero attached hydrogens (tertiary/aromatic N) is 2. The standard InChI is InChI=1S/C14H23N3O/c1-5-7-11-10-8-15-9-12(10)17-13(16-11)14(3,6-2)18-4/h15H,5-9H2,1-4H3. The first-order chi connectivity index (χ1) is 8.64. The summed E-state index contributed by atoms with van der Waals surface area (Å²) in [4.78, 5) is 9.48. The summed E-state index contributed by atoms with van der Waals surface area (Å²) in [5.74, 6) is 0.832. The number of ether oxygens (including phenoxy) is 1. The van der Waals surface area contributed by atoms with Crippen LogP contribution in [0.15, 0.2) is 0 Å². The van der Waals surface area contributed by atoms with Gasteiger partial charge < -0.3 is 10.1 Å². The minimum absolute atomic E-state index is 0.375. The predicted molar refractivity (Wildman–Crippen MR) is 71.2 cm³/mol. The Balaban J connectivity index is 2.47. The quantitative estimate of drug-likeness (QED) is 0.870. The molecule has 1 atom stereocenters. The first-order valence-electron chi connectivity index (χ1n) is 6.79. The summed E-state index contributed by atoms with van der Waals surface area (Å²) in [6.07, 6.45) is 3.00. The van der Waals surface area contributed by atoms with Gasteiger partial charge in [0.25, 0.3) is 0 Å². The molecule has 1 aliphatic rings. The van der Waals surface area contributed by atoms with E-state index >= 15 is 0 Å². The van der Waals surface area contributed by atoms with Crippen LogP contribution in [0, 0.1) is 0 Å². The summed E-state index contributed by atoms with van der Waals surface area (Å²) in [6, 6.07) is 0. The van der Waals surface area contributed by atoms with E-state index in [9.17, 15) is 0 Å². The Morgan fingerprint density at radius 2 is 2.06 bits per heavy atom. The Kier molecular flexibility index (Phi) is 3.97. The van der Waals surface area contributed by atoms with Gasteiger partial charge >= 0.3 is 0 Å². The van der Waals surface area contributed by atoms with Crippen molar-refractivity contribution in [2.45, 2.75) is 58.7 Å². The monoisotopic (exact) mass is 249 g/mol. The molecule has 100 valence electrons. The van der Waals surface area contributed by atoms with Crippen molar-refractivity contribution >= 4 is 0 Å². The smallest absolute Gasteiger partial charge is 0.160 e. The third-order valence-corrected chi connectivity index (χ3v) is 3.86. The zero-order valence-electron chi connectivity index (χ0n) is 11.8. The number of methoxy groups -OCH3 is 1. The maximum Gasteiger partial charge on any atom is 0.160 e. The number of aryl methyl sites for hydroxylation is 1. The first-order valence-corrected chi connectivity index (χ1v) is 6.79. The van der Waals surface area contributed by atoms with Crippen molar-refractivity contribution in [2.75, 3.05) is 7.11 Å². The summed E-state index contributed by atoms with van der Waals surface area (Å²) in [6.45, 7) is 8.11. The largest absolute Gasteiger partial charge is 0.371 e. The minimum Gasteiger partial charge on any atom is -0.371 e. The highest BCUT2D eigenvalue weighted by atomic mass is 16.5. The molecule has 0 aromatic carbocycles. The van der Waals surface area contributed by atoms with E-state index in [1.165, 1.54) is 11.3 Å². The zero-order chi connectivity index (χ0) is 13.2. The van der Waals surface area contributed by atoms with Crippen LogP contribution in [0.1, 0.15) is 56.4 Å². The van der Waals surface area contributed by atoms with E-state index in [0.717, 1.165) is 43.9 Å². The molecule has 1 unspecified atom stereocenters. The Morgan fingerprint density at radius 3 is 2.67 bits per heavy atom. The second kappa shape index (κ2) is 5.33. The molecule has 4 heteroatoms. The highest BCUT2D eigenvalue weighted by Gasteiger charge is 2.30. The molecular formula is C14H23N3O. The van der Waals surface area contributed by atoms with Crippen LogP contribution in [0.4, 0.5) is 0 Å². The Labute approximate surface area is 109 Å². The fourth-order valence-electron chi connectivity index (χ4n) is 2.31. The molecule has 2 rings (SSSR count). The van der Waals surface area contributed by atoms with Gasteiger partial charge in [-0.15, -0.1) is 0 Å². The summed E-state index contributed by atoms with van der Waals surface area (Å²) in [5.41, 5.74) is 3.27. The van der Waals surface area contributed by atoms with Gasteiger partial charge in [0.05, 0.1) is 5.69 Å². The lowest BCUT2D eigenvalue weighted by Crippen LogP contribution is -2.27. The third kappa shape index (κ3) is 2.27. The van der Waals surface area contributed by atoms with E-state index in [-0.39, 0.29) is 5.60 Å². The first kappa shape index (κ1) is 13.4. The number of aromatic nitrogens is 2. The molecule has 1 N–H and O–H groups in total. The number of fused-ring (bicyclic) bond motifs is 1. The fourth-order valence-corrected chi connectivity index (χ4v) is 2.31. The van der Waals surface area contributed by atoms with Crippen molar-refractivity contribution in [3.63, 3.8) is 0 Å². The molecule has 4 nitrogen and oxygen atoms in total. The molecule has 0 saturated heterocycles. The molecule has 0 spiro atoms. The number of nitrogens with one attached hydrogen (secondary N) is 1. The van der Waals surface area contributed by atoms with Gasteiger partial charge in [-0.25, -0.2) is 9.97 Å². The molecule has 0 bridgehead atoms. The molecule has 1 aliphatic heterocycles. The highest BCUT2D eigenvalue weighted by Crippen LogP contribution is 2.28. The van der Waals surface area contributed by atoms with Crippen LogP contribution in [-0.4, -0.2) is 17.1 Å². The third-order valence-electron chi connectivity index (χ3n) is 3.86. The second-order valence-electron chi connectivity index (χ2n) is 5.06. The van der Waals surface area contributed by atoms with Crippen molar-refractivity contribution in [2.24, 2.45) is 0 Å². The molecule has 0 fully saturated rings. The van der Waals surface area contributed by atoms with E-state index in [4.69, 9.17) is 14.7 Å². The summed E-state index contributed by atoms with van der Waals surface area (Å²) in [7, 11) is 1.73. The fraction of sp³-hybridized carbons (Fsp3) is 0.714. The van der Waals surface area contributed by atoms with Crippen molar-refractivity contribution in [1.82, 2.24) is 15.3 Å². The van der Waals surface area contributed by atoms with Gasteiger partial charge in [0.2, 0.25) is 0 Å². The maximum atomic E-state index is 5.62. The van der Waals surface area contributed by atoms with Crippen molar-refractivity contribution in [3.05, 3.63) is 22.8 Å². The normalized spacial score (nSPS) is 17.6. The van der Waals surface area contributed by atoms with Gasteiger partial charge in [-0.3, -0.25) is 0 Å². The molecule has 1 aromatic heterocycles. The van der Waals surface area contributed by atoms with Crippen LogP contribution in [0.3, 0.4) is 0 Å². The molecular weight excluding hydrogens is 226 g/mol. The molecule has 0 amide bonds. The molecule has 0 aliphatic carbocycles. The van der Waals surface area contributed by atoms with Crippen LogP contribution in [0.25, 0.3) is 0 Å². The topological polar surface area (TPSA) is 47.0 Å². The molecule has 0 saturated carbocycles. The van der Waals surface area contributed by atoms with Gasteiger partial charge in [-0.2, -0.15) is 0 Å². The van der Waals surface area contributed by atoms with Crippen LogP contribution < -0.4 is 5.32 Å². The van der Waals surface area contributed by atoms with Crippen LogP contribution in [-0.2, 0) is 29.8 Å². The lowest BCUT2D eigenvalue weighted by Gasteiger charge is -2.26. The maximum absolute atomic E-state index is 5.62. The molecule has 2 heterocycles. The van der Waals surface area contributed by atoms with E-state index in [1.54, 1.807) is 7.11 Å². The SMILES string of the molecule is CCCc1nc(C(C)(CC)OC)nc2c1CNC2. The lowest BCUT2D eigenvalue weighted by atomic mass is 10.0. The van der Waals surface area contributed by atoms with E-state index in [2.05, 4.69) is 26.1 Å². The Hall–Kier alpha value is -1.00. The average molecular weight is 249 g/mol. The van der Waals surface area contributed by atoms with Gasteiger partial charge in [0.15, 0.2) is 5.82 Å². The summed E-state index contributed by atoms with van der Waals surface area (Å²) >= 11 is 0. The van der Waals surface area contributed by atoms with Crippen LogP contribution >= 0.6 is 0 Å². The Morgan fingerprint density at radius 1 is 1.28 bits per heavy atom.